The maximum Gasteiger partial charge on any atom is 0.311 e. The molecule has 1 aliphatic rings. The molecule has 35 heavy (non-hydrogen) atoms. The van der Waals surface area contributed by atoms with E-state index in [0.29, 0.717) is 23.6 Å². The summed E-state index contributed by atoms with van der Waals surface area (Å²) in [4.78, 5) is 49.6. The lowest BCUT2D eigenvalue weighted by molar-refractivity contribution is -0.151. The summed E-state index contributed by atoms with van der Waals surface area (Å²) in [7, 11) is 0. The summed E-state index contributed by atoms with van der Waals surface area (Å²) in [5.41, 5.74) is 4.46. The Morgan fingerprint density at radius 2 is 1.74 bits per heavy atom. The molecule has 2 N–H and O–H groups in total. The summed E-state index contributed by atoms with van der Waals surface area (Å²) in [5.74, 6) is -2.33. The van der Waals surface area contributed by atoms with Crippen LogP contribution in [0, 0.1) is 5.92 Å². The average Bonchev–Trinajstić information content (AvgIpc) is 3.18. The van der Waals surface area contributed by atoms with E-state index in [9.17, 15) is 19.2 Å². The molecule has 0 saturated carbocycles. The number of para-hydroxylation sites is 2. The fraction of sp³-hybridized carbons (Fsp3) is 0.385. The van der Waals surface area contributed by atoms with Crippen molar-refractivity contribution in [3.63, 3.8) is 0 Å². The number of amides is 3. The van der Waals surface area contributed by atoms with Crippen LogP contribution in [0.4, 0.5) is 5.69 Å². The van der Waals surface area contributed by atoms with Crippen molar-refractivity contribution < 1.29 is 28.7 Å². The van der Waals surface area contributed by atoms with E-state index >= 15 is 0 Å². The molecule has 0 unspecified atom stereocenters. The Kier molecular flexibility index (Phi) is 8.11. The molecule has 0 bridgehead atoms. The van der Waals surface area contributed by atoms with E-state index in [1.54, 1.807) is 36.4 Å². The van der Waals surface area contributed by atoms with E-state index in [-0.39, 0.29) is 18.4 Å². The molecule has 2 aromatic carbocycles. The second kappa shape index (κ2) is 11.0. The third-order valence-electron chi connectivity index (χ3n) is 5.51. The molecule has 0 spiro atoms. The number of hydrogen-bond acceptors (Lipinski definition) is 6. The predicted octanol–water partition coefficient (Wildman–Crippen LogP) is 3.06. The van der Waals surface area contributed by atoms with E-state index in [4.69, 9.17) is 9.47 Å². The van der Waals surface area contributed by atoms with Crippen molar-refractivity contribution in [2.24, 2.45) is 5.92 Å². The lowest BCUT2D eigenvalue weighted by Gasteiger charge is -2.20. The molecule has 186 valence electrons. The number of hydrazine groups is 1. The molecule has 1 atom stereocenters. The maximum absolute atomic E-state index is 12.6. The molecule has 1 aliphatic heterocycles. The number of nitrogens with zero attached hydrogens (tertiary/aromatic N) is 1. The zero-order chi connectivity index (χ0) is 25.6. The number of anilines is 1. The molecule has 0 aliphatic carbocycles. The van der Waals surface area contributed by atoms with Crippen LogP contribution in [-0.2, 0) is 24.5 Å². The van der Waals surface area contributed by atoms with Crippen molar-refractivity contribution in [1.82, 2.24) is 10.4 Å². The van der Waals surface area contributed by atoms with Crippen LogP contribution in [-0.4, -0.2) is 48.5 Å². The van der Waals surface area contributed by atoms with Gasteiger partial charge in [0.25, 0.3) is 11.8 Å². The molecule has 0 aromatic heterocycles. The van der Waals surface area contributed by atoms with Crippen molar-refractivity contribution in [1.29, 1.82) is 0 Å². The first-order chi connectivity index (χ1) is 16.6. The number of ether oxygens (including phenoxy) is 2. The molecule has 0 radical (unpaired) electrons. The SMILES string of the molecule is CCOc1ccccc1NC(=O)COC(=O)[C@@H]1CC(=O)N(NC(=O)c2ccc(C(C)(C)C)cc2)C1. The molecule has 1 heterocycles. The second-order valence-electron chi connectivity index (χ2n) is 9.26. The van der Waals surface area contributed by atoms with Crippen LogP contribution in [0.3, 0.4) is 0 Å². The van der Waals surface area contributed by atoms with Crippen molar-refractivity contribution >= 4 is 29.4 Å². The molecular weight excluding hydrogens is 450 g/mol. The van der Waals surface area contributed by atoms with Crippen molar-refractivity contribution in [2.45, 2.75) is 39.5 Å². The zero-order valence-corrected chi connectivity index (χ0v) is 20.4. The van der Waals surface area contributed by atoms with Gasteiger partial charge in [0.15, 0.2) is 6.61 Å². The molecule has 2 aromatic rings. The molecule has 9 heteroatoms. The lowest BCUT2D eigenvalue weighted by atomic mass is 9.87. The average molecular weight is 482 g/mol. The second-order valence-corrected chi connectivity index (χ2v) is 9.26. The maximum atomic E-state index is 12.6. The van der Waals surface area contributed by atoms with Gasteiger partial charge in [0.1, 0.15) is 5.75 Å². The molecule has 3 amide bonds. The van der Waals surface area contributed by atoms with Crippen LogP contribution in [0.25, 0.3) is 0 Å². The minimum absolute atomic E-state index is 0.0295. The van der Waals surface area contributed by atoms with Crippen LogP contribution in [0.15, 0.2) is 48.5 Å². The molecule has 9 nitrogen and oxygen atoms in total. The van der Waals surface area contributed by atoms with Crippen LogP contribution in [0.5, 0.6) is 5.75 Å². The van der Waals surface area contributed by atoms with Gasteiger partial charge in [0.05, 0.1) is 24.8 Å². The van der Waals surface area contributed by atoms with E-state index in [2.05, 4.69) is 31.5 Å². The first-order valence-electron chi connectivity index (χ1n) is 11.5. The summed E-state index contributed by atoms with van der Waals surface area (Å²) < 4.78 is 10.6. The lowest BCUT2D eigenvalue weighted by Crippen LogP contribution is -2.43. The molecule has 1 fully saturated rings. The topological polar surface area (TPSA) is 114 Å². The quantitative estimate of drug-likeness (QED) is 0.560. The number of benzene rings is 2. The first-order valence-corrected chi connectivity index (χ1v) is 11.5. The monoisotopic (exact) mass is 481 g/mol. The van der Waals surface area contributed by atoms with Crippen LogP contribution in [0.2, 0.25) is 0 Å². The highest BCUT2D eigenvalue weighted by Gasteiger charge is 2.36. The Morgan fingerprint density at radius 3 is 2.40 bits per heavy atom. The van der Waals surface area contributed by atoms with Gasteiger partial charge in [0.2, 0.25) is 5.91 Å². The van der Waals surface area contributed by atoms with E-state index in [1.807, 2.05) is 19.1 Å². The van der Waals surface area contributed by atoms with Gasteiger partial charge in [-0.25, -0.2) is 0 Å². The standard InChI is InChI=1S/C26H31N3O6/c1-5-34-21-9-7-6-8-20(21)27-22(30)16-35-25(33)18-14-23(31)29(15-18)28-24(32)17-10-12-19(13-11-17)26(2,3)4/h6-13,18H,5,14-16H2,1-4H3,(H,27,30)(H,28,32)/t18-/m1/s1. The normalized spacial score (nSPS) is 15.5. The van der Waals surface area contributed by atoms with Gasteiger partial charge >= 0.3 is 5.97 Å². The summed E-state index contributed by atoms with van der Waals surface area (Å²) in [6.07, 6.45) is -0.114. The predicted molar refractivity (Wildman–Crippen MR) is 130 cm³/mol. The van der Waals surface area contributed by atoms with E-state index < -0.39 is 36.2 Å². The number of nitrogens with one attached hydrogen (secondary N) is 2. The van der Waals surface area contributed by atoms with Gasteiger partial charge in [-0.2, -0.15) is 0 Å². The highest BCUT2D eigenvalue weighted by Crippen LogP contribution is 2.24. The number of hydrogen-bond donors (Lipinski definition) is 2. The largest absolute Gasteiger partial charge is 0.492 e. The van der Waals surface area contributed by atoms with Gasteiger partial charge in [-0.05, 0) is 42.2 Å². The van der Waals surface area contributed by atoms with Gasteiger partial charge in [-0.15, -0.1) is 0 Å². The van der Waals surface area contributed by atoms with E-state index in [1.165, 1.54) is 0 Å². The van der Waals surface area contributed by atoms with Crippen LogP contribution >= 0.6 is 0 Å². The number of carbonyl (C=O) groups excluding carboxylic acids is 4. The van der Waals surface area contributed by atoms with Gasteiger partial charge in [-0.1, -0.05) is 45.0 Å². The Balaban J connectivity index is 1.50. The molecule has 3 rings (SSSR count). The third-order valence-corrected chi connectivity index (χ3v) is 5.51. The van der Waals surface area contributed by atoms with Crippen LogP contribution in [0.1, 0.15) is 50.0 Å². The summed E-state index contributed by atoms with van der Waals surface area (Å²) in [5, 5.41) is 3.76. The van der Waals surface area contributed by atoms with Crippen LogP contribution < -0.4 is 15.5 Å². The fourth-order valence-corrected chi connectivity index (χ4v) is 3.57. The Labute approximate surface area is 204 Å². The van der Waals surface area contributed by atoms with Gasteiger partial charge in [-0.3, -0.25) is 29.6 Å². The highest BCUT2D eigenvalue weighted by atomic mass is 16.5. The Bertz CT molecular complexity index is 1090. The summed E-state index contributed by atoms with van der Waals surface area (Å²) in [6.45, 7) is 7.97. The van der Waals surface area contributed by atoms with Gasteiger partial charge in [0, 0.05) is 12.0 Å². The van der Waals surface area contributed by atoms with E-state index in [0.717, 1.165) is 10.6 Å². The summed E-state index contributed by atoms with van der Waals surface area (Å²) >= 11 is 0. The third kappa shape index (κ3) is 6.81. The number of rotatable bonds is 8. The Morgan fingerprint density at radius 1 is 1.06 bits per heavy atom. The highest BCUT2D eigenvalue weighted by molar-refractivity contribution is 5.97. The molecular formula is C26H31N3O6. The van der Waals surface area contributed by atoms with Crippen molar-refractivity contribution in [3.05, 3.63) is 59.7 Å². The Hall–Kier alpha value is -3.88. The van der Waals surface area contributed by atoms with Crippen molar-refractivity contribution in [2.75, 3.05) is 25.1 Å². The fourth-order valence-electron chi connectivity index (χ4n) is 3.57. The number of carbonyl (C=O) groups is 4. The minimum Gasteiger partial charge on any atom is -0.492 e. The number of esters is 1. The van der Waals surface area contributed by atoms with Crippen molar-refractivity contribution in [3.8, 4) is 5.75 Å². The molecule has 1 saturated heterocycles. The zero-order valence-electron chi connectivity index (χ0n) is 20.4. The smallest absolute Gasteiger partial charge is 0.311 e. The summed E-state index contributed by atoms with van der Waals surface area (Å²) in [6, 6.07) is 14.1. The first kappa shape index (κ1) is 25.7. The van der Waals surface area contributed by atoms with Gasteiger partial charge < -0.3 is 14.8 Å². The minimum atomic E-state index is -0.783.